The number of aliphatic hydroxyl groups excluding tert-OH is 1. The lowest BCUT2D eigenvalue weighted by Crippen LogP contribution is -2.14. The highest BCUT2D eigenvalue weighted by molar-refractivity contribution is 4.73. The topological polar surface area (TPSA) is 75.6 Å². The minimum Gasteiger partial charge on any atom is -0.499 e. The SMILES string of the molecule is CCCCCCCC/C=C/OCCOCCOCCOCCOCCOCCO. The lowest BCUT2D eigenvalue weighted by atomic mass is 10.1. The number of rotatable bonds is 25. The van der Waals surface area contributed by atoms with Crippen LogP contribution in [0.25, 0.3) is 0 Å². The summed E-state index contributed by atoms with van der Waals surface area (Å²) in [5.74, 6) is 0. The summed E-state index contributed by atoms with van der Waals surface area (Å²) in [5.41, 5.74) is 0. The molecule has 0 saturated carbocycles. The van der Waals surface area contributed by atoms with Gasteiger partial charge in [-0.25, -0.2) is 0 Å². The minimum absolute atomic E-state index is 0.0403. The third-order valence-corrected chi connectivity index (χ3v) is 3.99. The van der Waals surface area contributed by atoms with E-state index in [4.69, 9.17) is 33.5 Å². The lowest BCUT2D eigenvalue weighted by Gasteiger charge is -2.07. The molecule has 0 heterocycles. The van der Waals surface area contributed by atoms with Crippen molar-refractivity contribution in [3.05, 3.63) is 12.3 Å². The molecule has 0 rings (SSSR count). The maximum absolute atomic E-state index is 8.54. The van der Waals surface area contributed by atoms with Gasteiger partial charge in [-0.2, -0.15) is 0 Å². The molecule has 0 aromatic carbocycles. The van der Waals surface area contributed by atoms with Crippen molar-refractivity contribution in [3.8, 4) is 0 Å². The van der Waals surface area contributed by atoms with Crippen LogP contribution in [-0.4, -0.2) is 84.4 Å². The largest absolute Gasteiger partial charge is 0.499 e. The van der Waals surface area contributed by atoms with Gasteiger partial charge >= 0.3 is 0 Å². The molecule has 0 atom stereocenters. The Morgan fingerprint density at radius 1 is 0.552 bits per heavy atom. The Kier molecular flexibility index (Phi) is 26.6. The van der Waals surface area contributed by atoms with Gasteiger partial charge in [-0.1, -0.05) is 39.0 Å². The molecule has 7 heteroatoms. The summed E-state index contributed by atoms with van der Waals surface area (Å²) in [5, 5.41) is 8.54. The van der Waals surface area contributed by atoms with Gasteiger partial charge in [0.05, 0.1) is 78.9 Å². The minimum atomic E-state index is 0.0403. The van der Waals surface area contributed by atoms with Gasteiger partial charge in [-0.3, -0.25) is 0 Å². The second-order valence-corrected chi connectivity index (χ2v) is 6.58. The monoisotopic (exact) mass is 420 g/mol. The van der Waals surface area contributed by atoms with Crippen LogP contribution in [0.4, 0.5) is 0 Å². The van der Waals surface area contributed by atoms with E-state index >= 15 is 0 Å². The molecule has 0 radical (unpaired) electrons. The Balaban J connectivity index is 3.04. The van der Waals surface area contributed by atoms with Crippen molar-refractivity contribution in [1.82, 2.24) is 0 Å². The molecule has 0 unspecified atom stereocenters. The fourth-order valence-electron chi connectivity index (χ4n) is 2.40. The van der Waals surface area contributed by atoms with Crippen LogP contribution >= 0.6 is 0 Å². The molecule has 0 bridgehead atoms. The predicted octanol–water partition coefficient (Wildman–Crippen LogP) is 3.34. The summed E-state index contributed by atoms with van der Waals surface area (Å²) in [4.78, 5) is 0. The summed E-state index contributed by atoms with van der Waals surface area (Å²) in [6.07, 6.45) is 12.9. The summed E-state index contributed by atoms with van der Waals surface area (Å²) in [7, 11) is 0. The van der Waals surface area contributed by atoms with Gasteiger partial charge < -0.3 is 33.5 Å². The number of ether oxygens (including phenoxy) is 6. The first-order valence-corrected chi connectivity index (χ1v) is 11.2. The van der Waals surface area contributed by atoms with Crippen LogP contribution in [0.1, 0.15) is 51.9 Å². The number of unbranched alkanes of at least 4 members (excludes halogenated alkanes) is 6. The van der Waals surface area contributed by atoms with E-state index in [0.29, 0.717) is 72.7 Å². The maximum atomic E-state index is 8.54. The molecule has 0 aliphatic heterocycles. The molecule has 7 nitrogen and oxygen atoms in total. The van der Waals surface area contributed by atoms with Crippen LogP contribution in [0.2, 0.25) is 0 Å². The molecule has 0 aromatic heterocycles. The average molecular weight is 421 g/mol. The second kappa shape index (κ2) is 27.3. The summed E-state index contributed by atoms with van der Waals surface area (Å²) in [6.45, 7) is 8.02. The third-order valence-electron chi connectivity index (χ3n) is 3.99. The lowest BCUT2D eigenvalue weighted by molar-refractivity contribution is -0.0155. The van der Waals surface area contributed by atoms with E-state index in [0.717, 1.165) is 6.42 Å². The van der Waals surface area contributed by atoms with Crippen LogP contribution in [0.15, 0.2) is 12.3 Å². The molecule has 0 aromatic rings. The smallest absolute Gasteiger partial charge is 0.111 e. The zero-order chi connectivity index (χ0) is 21.1. The van der Waals surface area contributed by atoms with Crippen molar-refractivity contribution in [2.24, 2.45) is 0 Å². The van der Waals surface area contributed by atoms with Crippen molar-refractivity contribution in [2.45, 2.75) is 51.9 Å². The standard InChI is InChI=1S/C22H44O7/c1-2-3-4-5-6-7-8-9-11-24-13-15-26-17-19-28-21-22-29-20-18-27-16-14-25-12-10-23/h9,11,23H,2-8,10,12-22H2,1H3/b11-9+. The van der Waals surface area contributed by atoms with Crippen LogP contribution in [0.3, 0.4) is 0 Å². The molecular weight excluding hydrogens is 376 g/mol. The fraction of sp³-hybridized carbons (Fsp3) is 0.909. The van der Waals surface area contributed by atoms with E-state index < -0.39 is 0 Å². The Hall–Kier alpha value is -0.700. The van der Waals surface area contributed by atoms with Crippen molar-refractivity contribution in [1.29, 1.82) is 0 Å². The molecule has 0 spiro atoms. The number of aliphatic hydroxyl groups is 1. The van der Waals surface area contributed by atoms with Gasteiger partial charge in [-0.15, -0.1) is 0 Å². The Morgan fingerprint density at radius 2 is 1.00 bits per heavy atom. The van der Waals surface area contributed by atoms with Crippen molar-refractivity contribution in [3.63, 3.8) is 0 Å². The van der Waals surface area contributed by atoms with E-state index in [1.807, 2.05) is 0 Å². The van der Waals surface area contributed by atoms with Gasteiger partial charge in [0, 0.05) is 0 Å². The molecule has 174 valence electrons. The molecule has 1 N–H and O–H groups in total. The van der Waals surface area contributed by atoms with E-state index in [2.05, 4.69) is 13.0 Å². The summed E-state index contributed by atoms with van der Waals surface area (Å²) in [6, 6.07) is 0. The normalized spacial score (nSPS) is 11.5. The van der Waals surface area contributed by atoms with Crippen LogP contribution in [-0.2, 0) is 28.4 Å². The van der Waals surface area contributed by atoms with Crippen LogP contribution in [0, 0.1) is 0 Å². The second-order valence-electron chi connectivity index (χ2n) is 6.58. The first-order chi connectivity index (χ1) is 14.4. The molecule has 0 aliphatic carbocycles. The van der Waals surface area contributed by atoms with Gasteiger partial charge in [0.25, 0.3) is 0 Å². The van der Waals surface area contributed by atoms with E-state index in [-0.39, 0.29) is 6.61 Å². The van der Waals surface area contributed by atoms with Crippen molar-refractivity contribution < 1.29 is 33.5 Å². The maximum Gasteiger partial charge on any atom is 0.111 e. The Bertz CT molecular complexity index is 314. The highest BCUT2D eigenvalue weighted by atomic mass is 16.6. The van der Waals surface area contributed by atoms with E-state index in [1.165, 1.54) is 38.5 Å². The molecule has 0 amide bonds. The van der Waals surface area contributed by atoms with Gasteiger partial charge in [0.15, 0.2) is 0 Å². The predicted molar refractivity (Wildman–Crippen MR) is 114 cm³/mol. The van der Waals surface area contributed by atoms with Gasteiger partial charge in [0.1, 0.15) is 6.61 Å². The summed E-state index contributed by atoms with van der Waals surface area (Å²) >= 11 is 0. The number of hydrogen-bond donors (Lipinski definition) is 1. The zero-order valence-electron chi connectivity index (χ0n) is 18.5. The fourth-order valence-corrected chi connectivity index (χ4v) is 2.40. The first kappa shape index (κ1) is 28.3. The molecular formula is C22H44O7. The zero-order valence-corrected chi connectivity index (χ0v) is 18.5. The van der Waals surface area contributed by atoms with Gasteiger partial charge in [0.2, 0.25) is 0 Å². The highest BCUT2D eigenvalue weighted by Crippen LogP contribution is 2.07. The van der Waals surface area contributed by atoms with E-state index in [1.54, 1.807) is 6.26 Å². The Morgan fingerprint density at radius 3 is 1.52 bits per heavy atom. The highest BCUT2D eigenvalue weighted by Gasteiger charge is 1.93. The third kappa shape index (κ3) is 27.3. The Labute approximate surface area is 177 Å². The van der Waals surface area contributed by atoms with Crippen LogP contribution in [0.5, 0.6) is 0 Å². The van der Waals surface area contributed by atoms with Crippen molar-refractivity contribution >= 4 is 0 Å². The van der Waals surface area contributed by atoms with E-state index in [9.17, 15) is 0 Å². The number of hydrogen-bond acceptors (Lipinski definition) is 7. The molecule has 0 aliphatic rings. The first-order valence-electron chi connectivity index (χ1n) is 11.2. The number of allylic oxidation sites excluding steroid dienone is 1. The van der Waals surface area contributed by atoms with Crippen LogP contribution < -0.4 is 0 Å². The van der Waals surface area contributed by atoms with Crippen molar-refractivity contribution in [2.75, 3.05) is 79.3 Å². The van der Waals surface area contributed by atoms with Gasteiger partial charge in [-0.05, 0) is 18.9 Å². The molecule has 0 fully saturated rings. The molecule has 0 saturated heterocycles. The average Bonchev–Trinajstić information content (AvgIpc) is 2.74. The summed E-state index contributed by atoms with van der Waals surface area (Å²) < 4.78 is 32.0. The quantitative estimate of drug-likeness (QED) is 0.179. The molecule has 29 heavy (non-hydrogen) atoms.